The lowest BCUT2D eigenvalue weighted by Crippen LogP contribution is -2.29. The van der Waals surface area contributed by atoms with Crippen LogP contribution in [0, 0.1) is 0 Å². The van der Waals surface area contributed by atoms with E-state index in [-0.39, 0.29) is 35.9 Å². The summed E-state index contributed by atoms with van der Waals surface area (Å²) < 4.78 is 51.6. The van der Waals surface area contributed by atoms with Crippen LogP contribution in [0.25, 0.3) is 44.9 Å². The molecule has 12 nitrogen and oxygen atoms in total. The Morgan fingerprint density at radius 3 is 2.40 bits per heavy atom. The summed E-state index contributed by atoms with van der Waals surface area (Å²) in [5.74, 6) is 1.25. The van der Waals surface area contributed by atoms with Crippen LogP contribution in [0.3, 0.4) is 0 Å². The Morgan fingerprint density at radius 2 is 1.69 bits per heavy atom. The molecule has 0 spiro atoms. The van der Waals surface area contributed by atoms with Gasteiger partial charge < -0.3 is 14.6 Å². The molecule has 3 fully saturated rings. The zero-order chi connectivity index (χ0) is 35.6. The summed E-state index contributed by atoms with van der Waals surface area (Å²) in [5, 5.41) is 8.67. The van der Waals surface area contributed by atoms with E-state index in [9.17, 15) is 18.0 Å². The van der Waals surface area contributed by atoms with E-state index < -0.39 is 11.9 Å². The van der Waals surface area contributed by atoms with Crippen molar-refractivity contribution in [3.8, 4) is 39.8 Å². The predicted octanol–water partition coefficient (Wildman–Crippen LogP) is 6.19. The molecular formula is C37H35F3N10O2. The van der Waals surface area contributed by atoms with Crippen molar-refractivity contribution in [3.05, 3.63) is 88.8 Å². The number of halogens is 3. The Hall–Kier alpha value is -5.44. The average Bonchev–Trinajstić information content (AvgIpc) is 4.10. The van der Waals surface area contributed by atoms with Crippen molar-refractivity contribution in [1.29, 1.82) is 0 Å². The van der Waals surface area contributed by atoms with Gasteiger partial charge in [-0.2, -0.15) is 18.3 Å². The van der Waals surface area contributed by atoms with E-state index in [0.29, 0.717) is 45.0 Å². The predicted molar refractivity (Wildman–Crippen MR) is 186 cm³/mol. The SMILES string of the molecule is COc1ncnc(C2CC2)c1-c1ncc2cc(-c3cnn(C4CCNCC4)c3)c(=O)n(Cc3ccc(-c4nc(C(F)(F)F)cn4C4CC4)cc3)c2n1. The van der Waals surface area contributed by atoms with Crippen LogP contribution in [0.2, 0.25) is 0 Å². The standard InChI is InChI=1S/C37H35F3N10O2/c1-52-35-30(31(22-6-7-22)43-20-44-35)32-42-15-24-14-28(25-16-45-50(18-25)27-10-12-41-13-11-27)36(51)49(34(24)47-32)17-21-2-4-23(5-3-21)33-46-29(37(38,39)40)19-48(33)26-8-9-26/h2-5,14-16,18-20,22,26-27,41H,6-13,17H2,1H3. The molecule has 0 amide bonds. The Bertz CT molecular complexity index is 2350. The number of fused-ring (bicyclic) bond motifs is 1. The zero-order valence-electron chi connectivity index (χ0n) is 28.3. The highest BCUT2D eigenvalue weighted by Gasteiger charge is 2.37. The first-order chi connectivity index (χ1) is 25.2. The fourth-order valence-corrected chi connectivity index (χ4v) is 7.11. The molecule has 2 saturated carbocycles. The number of pyridine rings is 1. The number of alkyl halides is 3. The molecule has 266 valence electrons. The molecule has 3 aliphatic rings. The minimum Gasteiger partial charge on any atom is -0.480 e. The van der Waals surface area contributed by atoms with Gasteiger partial charge in [0.15, 0.2) is 11.5 Å². The maximum absolute atomic E-state index is 14.5. The average molecular weight is 709 g/mol. The number of imidazole rings is 1. The van der Waals surface area contributed by atoms with Gasteiger partial charge in [-0.1, -0.05) is 24.3 Å². The highest BCUT2D eigenvalue weighted by atomic mass is 19.4. The van der Waals surface area contributed by atoms with E-state index in [1.54, 1.807) is 46.8 Å². The van der Waals surface area contributed by atoms with Crippen molar-refractivity contribution in [2.75, 3.05) is 20.2 Å². The van der Waals surface area contributed by atoms with Crippen molar-refractivity contribution in [3.63, 3.8) is 0 Å². The number of aromatic nitrogens is 9. The summed E-state index contributed by atoms with van der Waals surface area (Å²) >= 11 is 0. The molecule has 9 rings (SSSR count). The van der Waals surface area contributed by atoms with Gasteiger partial charge >= 0.3 is 6.18 Å². The van der Waals surface area contributed by atoms with E-state index in [2.05, 4.69) is 25.4 Å². The van der Waals surface area contributed by atoms with E-state index in [1.807, 2.05) is 23.0 Å². The number of nitrogens with one attached hydrogen (secondary N) is 1. The second-order valence-electron chi connectivity index (χ2n) is 13.8. The Labute approximate surface area is 295 Å². The van der Waals surface area contributed by atoms with Gasteiger partial charge in [0.25, 0.3) is 5.56 Å². The smallest absolute Gasteiger partial charge is 0.434 e. The van der Waals surface area contributed by atoms with Crippen molar-refractivity contribution in [1.82, 2.24) is 49.2 Å². The first kappa shape index (κ1) is 32.5. The molecule has 0 radical (unpaired) electrons. The van der Waals surface area contributed by atoms with Crippen LogP contribution in [0.1, 0.15) is 73.5 Å². The lowest BCUT2D eigenvalue weighted by Gasteiger charge is -2.22. The van der Waals surface area contributed by atoms with E-state index >= 15 is 0 Å². The number of hydrogen-bond donors (Lipinski definition) is 1. The topological polar surface area (TPSA) is 130 Å². The number of piperidine rings is 1. The first-order valence-electron chi connectivity index (χ1n) is 17.6. The highest BCUT2D eigenvalue weighted by molar-refractivity contribution is 5.82. The van der Waals surface area contributed by atoms with Crippen LogP contribution in [0.4, 0.5) is 13.2 Å². The Morgan fingerprint density at radius 1 is 0.904 bits per heavy atom. The highest BCUT2D eigenvalue weighted by Crippen LogP contribution is 2.45. The summed E-state index contributed by atoms with van der Waals surface area (Å²) in [7, 11) is 1.54. The molecule has 1 saturated heterocycles. The number of ether oxygens (including phenoxy) is 1. The van der Waals surface area contributed by atoms with Crippen LogP contribution in [-0.2, 0) is 12.7 Å². The number of rotatable bonds is 9. The number of nitrogens with zero attached hydrogens (tertiary/aromatic N) is 9. The number of methoxy groups -OCH3 is 1. The van der Waals surface area contributed by atoms with Crippen molar-refractivity contribution in [2.45, 2.75) is 69.2 Å². The van der Waals surface area contributed by atoms with Crippen LogP contribution in [0.5, 0.6) is 5.88 Å². The second kappa shape index (κ2) is 12.7. The molecule has 0 atom stereocenters. The Kier molecular flexibility index (Phi) is 7.90. The van der Waals surface area contributed by atoms with Gasteiger partial charge in [-0.25, -0.2) is 24.9 Å². The molecule has 6 aromatic rings. The summed E-state index contributed by atoms with van der Waals surface area (Å²) in [6.07, 6.45) is 8.92. The Balaban J connectivity index is 1.14. The van der Waals surface area contributed by atoms with Gasteiger partial charge in [0.1, 0.15) is 23.4 Å². The van der Waals surface area contributed by atoms with Gasteiger partial charge in [0.05, 0.1) is 37.2 Å². The van der Waals surface area contributed by atoms with Crippen LogP contribution in [0.15, 0.2) is 66.2 Å². The normalized spacial score (nSPS) is 16.8. The third-order valence-electron chi connectivity index (χ3n) is 10.2. The molecule has 15 heteroatoms. The number of hydrogen-bond acceptors (Lipinski definition) is 9. The molecule has 1 aliphatic heterocycles. The van der Waals surface area contributed by atoms with Crippen LogP contribution < -0.4 is 15.6 Å². The van der Waals surface area contributed by atoms with Crippen molar-refractivity contribution < 1.29 is 17.9 Å². The third kappa shape index (κ3) is 6.02. The fourth-order valence-electron chi connectivity index (χ4n) is 7.11. The molecule has 2 aliphatic carbocycles. The fraction of sp³-hybridized carbons (Fsp3) is 0.378. The molecule has 1 aromatic carbocycles. The molecule has 0 bridgehead atoms. The molecule has 0 unspecified atom stereocenters. The summed E-state index contributed by atoms with van der Waals surface area (Å²) in [6, 6.07) is 9.20. The maximum Gasteiger partial charge on any atom is 0.434 e. The van der Waals surface area contributed by atoms with Crippen molar-refractivity contribution in [2.24, 2.45) is 0 Å². The molecular weight excluding hydrogens is 673 g/mol. The minimum absolute atomic E-state index is 0.00745. The molecule has 1 N–H and O–H groups in total. The van der Waals surface area contributed by atoms with Gasteiger partial charge in [-0.05, 0) is 63.2 Å². The number of benzene rings is 1. The van der Waals surface area contributed by atoms with Crippen LogP contribution in [-0.4, -0.2) is 64.0 Å². The summed E-state index contributed by atoms with van der Waals surface area (Å²) in [6.45, 7) is 1.96. The molecule has 6 heterocycles. The lowest BCUT2D eigenvalue weighted by atomic mass is 10.1. The van der Waals surface area contributed by atoms with Gasteiger partial charge in [-0.3, -0.25) is 14.0 Å². The zero-order valence-corrected chi connectivity index (χ0v) is 28.3. The lowest BCUT2D eigenvalue weighted by molar-refractivity contribution is -0.140. The van der Waals surface area contributed by atoms with Crippen LogP contribution >= 0.6 is 0 Å². The van der Waals surface area contributed by atoms with Gasteiger partial charge in [-0.15, -0.1) is 0 Å². The minimum atomic E-state index is -4.54. The second-order valence-corrected chi connectivity index (χ2v) is 13.8. The quantitative estimate of drug-likeness (QED) is 0.187. The largest absolute Gasteiger partial charge is 0.480 e. The third-order valence-corrected chi connectivity index (χ3v) is 10.2. The monoisotopic (exact) mass is 708 g/mol. The van der Waals surface area contributed by atoms with Crippen molar-refractivity contribution >= 4 is 11.0 Å². The maximum atomic E-state index is 14.5. The molecule has 5 aromatic heterocycles. The summed E-state index contributed by atoms with van der Waals surface area (Å²) in [4.78, 5) is 37.1. The van der Waals surface area contributed by atoms with Gasteiger partial charge in [0.2, 0.25) is 5.88 Å². The van der Waals surface area contributed by atoms with E-state index in [4.69, 9.17) is 14.7 Å². The van der Waals surface area contributed by atoms with Gasteiger partial charge in [0, 0.05) is 47.1 Å². The first-order valence-corrected chi connectivity index (χ1v) is 17.6. The van der Waals surface area contributed by atoms with E-state index in [0.717, 1.165) is 69.1 Å². The summed E-state index contributed by atoms with van der Waals surface area (Å²) in [5.41, 5.74) is 3.16. The van der Waals surface area contributed by atoms with E-state index in [1.165, 1.54) is 6.33 Å². The molecule has 52 heavy (non-hydrogen) atoms.